The molecule has 1 fully saturated rings. The molecule has 30 heavy (non-hydrogen) atoms. The summed E-state index contributed by atoms with van der Waals surface area (Å²) < 4.78 is 0. The fourth-order valence-corrected chi connectivity index (χ4v) is 4.89. The number of fused-ring (bicyclic) bond motifs is 1. The number of nitrogens with zero attached hydrogens (tertiary/aromatic N) is 2. The van der Waals surface area contributed by atoms with Crippen molar-refractivity contribution >= 4 is 41.1 Å². The van der Waals surface area contributed by atoms with Crippen molar-refractivity contribution in [3.8, 4) is 0 Å². The van der Waals surface area contributed by atoms with Gasteiger partial charge in [0.05, 0.1) is 23.0 Å². The van der Waals surface area contributed by atoms with E-state index in [2.05, 4.69) is 20.6 Å². The van der Waals surface area contributed by atoms with Crippen LogP contribution in [0.25, 0.3) is 0 Å². The summed E-state index contributed by atoms with van der Waals surface area (Å²) in [5.74, 6) is -1.79. The van der Waals surface area contributed by atoms with E-state index in [9.17, 15) is 19.2 Å². The van der Waals surface area contributed by atoms with E-state index in [-0.39, 0.29) is 18.9 Å². The summed E-state index contributed by atoms with van der Waals surface area (Å²) in [6.07, 6.45) is 3.70. The van der Waals surface area contributed by atoms with Crippen molar-refractivity contribution in [3.05, 3.63) is 42.5 Å². The zero-order chi connectivity index (χ0) is 21.3. The lowest BCUT2D eigenvalue weighted by Crippen LogP contribution is -2.55. The molecule has 0 saturated carbocycles. The molecular weight excluding hydrogens is 408 g/mol. The van der Waals surface area contributed by atoms with E-state index >= 15 is 0 Å². The van der Waals surface area contributed by atoms with Gasteiger partial charge in [-0.3, -0.25) is 19.2 Å². The third-order valence-electron chi connectivity index (χ3n) is 4.99. The molecule has 2 aliphatic heterocycles. The molecule has 2 unspecified atom stereocenters. The average Bonchev–Trinajstić information content (AvgIpc) is 3.38. The normalized spacial score (nSPS) is 23.5. The SMILES string of the molecule is NC(=O)CN1C(=O)C(NC(=O)[C@@H]2CCC(=O)N2)C(c2cnc[nH]2)Sc2ccccc21. The fourth-order valence-electron chi connectivity index (χ4n) is 3.59. The number of carbonyl (C=O) groups is 4. The predicted octanol–water partition coefficient (Wildman–Crippen LogP) is -0.162. The highest BCUT2D eigenvalue weighted by molar-refractivity contribution is 7.99. The van der Waals surface area contributed by atoms with Gasteiger partial charge >= 0.3 is 0 Å². The van der Waals surface area contributed by atoms with E-state index in [0.717, 1.165) is 4.90 Å². The van der Waals surface area contributed by atoms with E-state index in [1.165, 1.54) is 23.0 Å². The first-order valence-corrected chi connectivity index (χ1v) is 10.3. The molecular formula is C19H20N6O4S. The Morgan fingerprint density at radius 1 is 1.30 bits per heavy atom. The zero-order valence-electron chi connectivity index (χ0n) is 15.8. The van der Waals surface area contributed by atoms with Gasteiger partial charge in [0.1, 0.15) is 18.6 Å². The van der Waals surface area contributed by atoms with Crippen LogP contribution in [-0.4, -0.2) is 52.2 Å². The number of para-hydroxylation sites is 1. The molecule has 5 N–H and O–H groups in total. The number of amides is 4. The number of anilines is 1. The molecule has 2 aromatic rings. The number of hydrogen-bond acceptors (Lipinski definition) is 6. The second-order valence-corrected chi connectivity index (χ2v) is 8.23. The largest absolute Gasteiger partial charge is 0.368 e. The van der Waals surface area contributed by atoms with Crippen LogP contribution in [-0.2, 0) is 19.2 Å². The minimum Gasteiger partial charge on any atom is -0.368 e. The second kappa shape index (κ2) is 8.19. The topological polar surface area (TPSA) is 150 Å². The highest BCUT2D eigenvalue weighted by Crippen LogP contribution is 2.45. The van der Waals surface area contributed by atoms with Gasteiger partial charge in [0, 0.05) is 17.5 Å². The number of rotatable bonds is 5. The standard InChI is InChI=1S/C19H20N6O4S/c20-14(26)8-25-12-3-1-2-4-13(12)30-17(11-7-21-9-22-11)16(19(25)29)24-18(28)10-5-6-15(27)23-10/h1-4,7,9-10,16-17H,5-6,8H2,(H2,20,26)(H,21,22)(H,23,27)(H,24,28)/t10-,16?,17?/m0/s1. The van der Waals surface area contributed by atoms with Gasteiger partial charge in [-0.15, -0.1) is 11.8 Å². The Bertz CT molecular complexity index is 995. The number of thioether (sulfide) groups is 1. The first-order valence-electron chi connectivity index (χ1n) is 9.37. The van der Waals surface area contributed by atoms with E-state index in [1.807, 2.05) is 12.1 Å². The smallest absolute Gasteiger partial charge is 0.251 e. The number of hydrogen-bond donors (Lipinski definition) is 4. The van der Waals surface area contributed by atoms with Gasteiger partial charge < -0.3 is 26.3 Å². The molecule has 4 rings (SSSR count). The minimum atomic E-state index is -1.01. The lowest BCUT2D eigenvalue weighted by atomic mass is 10.1. The molecule has 11 heteroatoms. The first kappa shape index (κ1) is 20.0. The lowest BCUT2D eigenvalue weighted by molar-refractivity contribution is -0.129. The average molecular weight is 428 g/mol. The summed E-state index contributed by atoms with van der Waals surface area (Å²) >= 11 is 1.38. The van der Waals surface area contributed by atoms with Gasteiger partial charge in [0.2, 0.25) is 17.7 Å². The molecule has 0 spiro atoms. The van der Waals surface area contributed by atoms with Crippen LogP contribution in [0, 0.1) is 0 Å². The Morgan fingerprint density at radius 3 is 2.77 bits per heavy atom. The number of imidazole rings is 1. The van der Waals surface area contributed by atoms with Crippen LogP contribution in [0.5, 0.6) is 0 Å². The molecule has 1 aromatic carbocycles. The molecule has 2 aliphatic rings. The van der Waals surface area contributed by atoms with E-state index < -0.39 is 35.1 Å². The summed E-state index contributed by atoms with van der Waals surface area (Å²) in [6, 6.07) is 5.45. The molecule has 1 saturated heterocycles. The van der Waals surface area contributed by atoms with Crippen molar-refractivity contribution in [3.63, 3.8) is 0 Å². The first-order chi connectivity index (χ1) is 14.4. The van der Waals surface area contributed by atoms with Crippen LogP contribution in [0.15, 0.2) is 41.7 Å². The molecule has 1 aromatic heterocycles. The van der Waals surface area contributed by atoms with Crippen LogP contribution in [0.4, 0.5) is 5.69 Å². The Kier molecular flexibility index (Phi) is 5.44. The van der Waals surface area contributed by atoms with Crippen molar-refractivity contribution in [1.82, 2.24) is 20.6 Å². The van der Waals surface area contributed by atoms with Gasteiger partial charge in [0.25, 0.3) is 5.91 Å². The zero-order valence-corrected chi connectivity index (χ0v) is 16.6. The fraction of sp³-hybridized carbons (Fsp3) is 0.316. The Morgan fingerprint density at radius 2 is 2.10 bits per heavy atom. The Hall–Kier alpha value is -3.34. The molecule has 0 bridgehead atoms. The summed E-state index contributed by atoms with van der Waals surface area (Å²) in [5, 5.41) is 4.86. The Labute approximate surface area is 176 Å². The maximum atomic E-state index is 13.5. The maximum Gasteiger partial charge on any atom is 0.251 e. The van der Waals surface area contributed by atoms with Crippen LogP contribution in [0.1, 0.15) is 23.8 Å². The monoisotopic (exact) mass is 428 g/mol. The summed E-state index contributed by atoms with van der Waals surface area (Å²) in [7, 11) is 0. The quantitative estimate of drug-likeness (QED) is 0.520. The summed E-state index contributed by atoms with van der Waals surface area (Å²) in [6.45, 7) is -0.321. The number of aromatic amines is 1. The number of H-pyrrole nitrogens is 1. The molecule has 156 valence electrons. The Balaban J connectivity index is 1.72. The van der Waals surface area contributed by atoms with Gasteiger partial charge in [-0.1, -0.05) is 12.1 Å². The maximum absolute atomic E-state index is 13.5. The van der Waals surface area contributed by atoms with Crippen molar-refractivity contribution in [2.24, 2.45) is 5.73 Å². The molecule has 0 aliphatic carbocycles. The van der Waals surface area contributed by atoms with E-state index in [0.29, 0.717) is 17.8 Å². The van der Waals surface area contributed by atoms with Crippen molar-refractivity contribution in [2.45, 2.75) is 35.1 Å². The van der Waals surface area contributed by atoms with Gasteiger partial charge in [-0.2, -0.15) is 0 Å². The minimum absolute atomic E-state index is 0.204. The highest BCUT2D eigenvalue weighted by Gasteiger charge is 2.42. The second-order valence-electron chi connectivity index (χ2n) is 7.05. The van der Waals surface area contributed by atoms with Crippen molar-refractivity contribution in [1.29, 1.82) is 0 Å². The van der Waals surface area contributed by atoms with Gasteiger partial charge in [0.15, 0.2) is 0 Å². The molecule has 3 atom stereocenters. The molecule has 4 amide bonds. The van der Waals surface area contributed by atoms with Crippen LogP contribution >= 0.6 is 11.8 Å². The number of primary amides is 1. The predicted molar refractivity (Wildman–Crippen MR) is 108 cm³/mol. The third kappa shape index (κ3) is 3.88. The van der Waals surface area contributed by atoms with Gasteiger partial charge in [-0.25, -0.2) is 4.98 Å². The summed E-state index contributed by atoms with van der Waals surface area (Å²) in [5.41, 5.74) is 6.58. The number of carbonyl (C=O) groups excluding carboxylic acids is 4. The van der Waals surface area contributed by atoms with Crippen molar-refractivity contribution < 1.29 is 19.2 Å². The molecule has 0 radical (unpaired) electrons. The van der Waals surface area contributed by atoms with Crippen LogP contribution in [0.2, 0.25) is 0 Å². The van der Waals surface area contributed by atoms with E-state index in [1.54, 1.807) is 18.3 Å². The lowest BCUT2D eigenvalue weighted by Gasteiger charge is -2.28. The van der Waals surface area contributed by atoms with E-state index in [4.69, 9.17) is 5.73 Å². The van der Waals surface area contributed by atoms with Crippen LogP contribution < -0.4 is 21.3 Å². The number of aromatic nitrogens is 2. The molecule has 3 heterocycles. The molecule has 10 nitrogen and oxygen atoms in total. The van der Waals surface area contributed by atoms with Crippen molar-refractivity contribution in [2.75, 3.05) is 11.4 Å². The van der Waals surface area contributed by atoms with Gasteiger partial charge in [-0.05, 0) is 18.6 Å². The third-order valence-corrected chi connectivity index (χ3v) is 6.37. The highest BCUT2D eigenvalue weighted by atomic mass is 32.2. The number of benzene rings is 1. The van der Waals surface area contributed by atoms with Crippen LogP contribution in [0.3, 0.4) is 0 Å². The summed E-state index contributed by atoms with van der Waals surface area (Å²) in [4.78, 5) is 58.6. The number of nitrogens with one attached hydrogen (secondary N) is 3. The number of nitrogens with two attached hydrogens (primary N) is 1.